The Morgan fingerprint density at radius 2 is 2.05 bits per heavy atom. The van der Waals surface area contributed by atoms with Crippen LogP contribution in [0.1, 0.15) is 45.4 Å². The number of amides is 1. The van der Waals surface area contributed by atoms with Crippen LogP contribution in [-0.2, 0) is 4.79 Å². The van der Waals surface area contributed by atoms with Crippen LogP contribution in [0.2, 0.25) is 5.02 Å². The zero-order valence-corrected chi connectivity index (χ0v) is 13.3. The van der Waals surface area contributed by atoms with Gasteiger partial charge in [0, 0.05) is 28.9 Å². The Labute approximate surface area is 131 Å². The van der Waals surface area contributed by atoms with E-state index < -0.39 is 0 Å². The van der Waals surface area contributed by atoms with Crippen LogP contribution < -0.4 is 4.90 Å². The molecule has 0 bridgehead atoms. The first kappa shape index (κ1) is 16.0. The standard InChI is InChI=1S/C17H23ClN2O/c1-2-3-4-5-15(19)12-13-10-11-20(17(13)21)16-8-6-14(18)7-9-16/h6-9,13,19H,2-5,10-12H2,1H3/t13-/m1/s1. The van der Waals surface area contributed by atoms with Crippen molar-refractivity contribution in [1.29, 1.82) is 5.41 Å². The highest BCUT2D eigenvalue weighted by Crippen LogP contribution is 2.28. The van der Waals surface area contributed by atoms with Gasteiger partial charge in [-0.3, -0.25) is 4.79 Å². The number of nitrogens with one attached hydrogen (secondary N) is 1. The predicted octanol–water partition coefficient (Wildman–Crippen LogP) is 4.68. The smallest absolute Gasteiger partial charge is 0.230 e. The fraction of sp³-hybridized carbons (Fsp3) is 0.529. The van der Waals surface area contributed by atoms with E-state index in [4.69, 9.17) is 17.0 Å². The normalized spacial score (nSPS) is 18.3. The van der Waals surface area contributed by atoms with Crippen molar-refractivity contribution in [3.8, 4) is 0 Å². The monoisotopic (exact) mass is 306 g/mol. The largest absolute Gasteiger partial charge is 0.312 e. The lowest BCUT2D eigenvalue weighted by Gasteiger charge is -2.17. The number of halogens is 1. The van der Waals surface area contributed by atoms with Gasteiger partial charge in [-0.25, -0.2) is 0 Å². The maximum absolute atomic E-state index is 12.5. The van der Waals surface area contributed by atoms with E-state index in [-0.39, 0.29) is 11.8 Å². The van der Waals surface area contributed by atoms with Crippen molar-refractivity contribution in [2.45, 2.75) is 45.4 Å². The summed E-state index contributed by atoms with van der Waals surface area (Å²) in [7, 11) is 0. The first-order valence-electron chi connectivity index (χ1n) is 7.75. The van der Waals surface area contributed by atoms with E-state index in [0.29, 0.717) is 11.4 Å². The van der Waals surface area contributed by atoms with Crippen molar-refractivity contribution in [3.05, 3.63) is 29.3 Å². The molecule has 4 heteroatoms. The molecule has 1 aromatic rings. The van der Waals surface area contributed by atoms with Gasteiger partial charge in [-0.05, 0) is 49.9 Å². The van der Waals surface area contributed by atoms with E-state index in [1.807, 2.05) is 29.2 Å². The number of benzene rings is 1. The third kappa shape index (κ3) is 4.31. The van der Waals surface area contributed by atoms with Crippen molar-refractivity contribution in [2.24, 2.45) is 5.92 Å². The van der Waals surface area contributed by atoms with Crippen LogP contribution in [0.15, 0.2) is 24.3 Å². The SMILES string of the molecule is CCCCCC(=N)C[C@H]1CCN(c2ccc(Cl)cc2)C1=O. The molecule has 1 fully saturated rings. The minimum Gasteiger partial charge on any atom is -0.312 e. The molecule has 1 amide bonds. The first-order chi connectivity index (χ1) is 10.1. The lowest BCUT2D eigenvalue weighted by molar-refractivity contribution is -0.120. The third-order valence-corrected chi connectivity index (χ3v) is 4.28. The highest BCUT2D eigenvalue weighted by Gasteiger charge is 2.32. The molecule has 2 rings (SSSR count). The van der Waals surface area contributed by atoms with Crippen LogP contribution in [0.3, 0.4) is 0 Å². The molecule has 21 heavy (non-hydrogen) atoms. The summed E-state index contributed by atoms with van der Waals surface area (Å²) in [6, 6.07) is 7.39. The van der Waals surface area contributed by atoms with Gasteiger partial charge in [0.05, 0.1) is 0 Å². The number of hydrogen-bond donors (Lipinski definition) is 1. The Balaban J connectivity index is 1.89. The molecule has 0 aliphatic carbocycles. The van der Waals surface area contributed by atoms with Crippen LogP contribution in [0, 0.1) is 11.3 Å². The van der Waals surface area contributed by atoms with Crippen LogP contribution in [0.25, 0.3) is 0 Å². The molecule has 1 N–H and O–H groups in total. The molecule has 0 spiro atoms. The van der Waals surface area contributed by atoms with Gasteiger partial charge in [-0.15, -0.1) is 0 Å². The lowest BCUT2D eigenvalue weighted by atomic mass is 9.97. The van der Waals surface area contributed by atoms with Gasteiger partial charge in [0.1, 0.15) is 0 Å². The van der Waals surface area contributed by atoms with Gasteiger partial charge in [-0.1, -0.05) is 31.4 Å². The maximum Gasteiger partial charge on any atom is 0.230 e. The summed E-state index contributed by atoms with van der Waals surface area (Å²) >= 11 is 5.88. The summed E-state index contributed by atoms with van der Waals surface area (Å²) in [6.07, 6.45) is 5.69. The predicted molar refractivity (Wildman–Crippen MR) is 88.4 cm³/mol. The van der Waals surface area contributed by atoms with Crippen LogP contribution in [0.4, 0.5) is 5.69 Å². The fourth-order valence-corrected chi connectivity index (χ4v) is 2.92. The molecule has 0 unspecified atom stereocenters. The second kappa shape index (κ2) is 7.60. The van der Waals surface area contributed by atoms with E-state index in [1.165, 1.54) is 6.42 Å². The fourth-order valence-electron chi connectivity index (χ4n) is 2.79. The van der Waals surface area contributed by atoms with Crippen molar-refractivity contribution in [1.82, 2.24) is 0 Å². The summed E-state index contributed by atoms with van der Waals surface area (Å²) in [5.74, 6) is 0.132. The molecule has 3 nitrogen and oxygen atoms in total. The van der Waals surface area contributed by atoms with E-state index in [2.05, 4.69) is 6.92 Å². The molecule has 1 heterocycles. The molecular weight excluding hydrogens is 284 g/mol. The first-order valence-corrected chi connectivity index (χ1v) is 8.13. The van der Waals surface area contributed by atoms with E-state index in [1.54, 1.807) is 0 Å². The average Bonchev–Trinajstić information content (AvgIpc) is 2.82. The zero-order valence-electron chi connectivity index (χ0n) is 12.6. The molecule has 114 valence electrons. The lowest BCUT2D eigenvalue weighted by Crippen LogP contribution is -2.27. The Bertz CT molecular complexity index is 498. The maximum atomic E-state index is 12.5. The average molecular weight is 307 g/mol. The Morgan fingerprint density at radius 1 is 1.33 bits per heavy atom. The van der Waals surface area contributed by atoms with Gasteiger partial charge in [0.25, 0.3) is 0 Å². The van der Waals surface area contributed by atoms with Gasteiger partial charge in [-0.2, -0.15) is 0 Å². The van der Waals surface area contributed by atoms with Gasteiger partial charge in [0.15, 0.2) is 0 Å². The second-order valence-corrected chi connectivity index (χ2v) is 6.15. The van der Waals surface area contributed by atoms with Crippen molar-refractivity contribution >= 4 is 28.9 Å². The molecule has 1 saturated heterocycles. The number of unbranched alkanes of at least 4 members (excludes halogenated alkanes) is 2. The van der Waals surface area contributed by atoms with E-state index in [0.717, 1.165) is 43.6 Å². The molecular formula is C17H23ClN2O. The molecule has 1 aromatic carbocycles. The van der Waals surface area contributed by atoms with Gasteiger partial charge < -0.3 is 10.3 Å². The Morgan fingerprint density at radius 3 is 2.71 bits per heavy atom. The van der Waals surface area contributed by atoms with Crippen molar-refractivity contribution in [3.63, 3.8) is 0 Å². The summed E-state index contributed by atoms with van der Waals surface area (Å²) in [4.78, 5) is 14.3. The van der Waals surface area contributed by atoms with Crippen molar-refractivity contribution < 1.29 is 4.79 Å². The molecule has 0 saturated carbocycles. The number of carbonyl (C=O) groups is 1. The van der Waals surface area contributed by atoms with E-state index in [9.17, 15) is 4.79 Å². The van der Waals surface area contributed by atoms with Gasteiger partial charge in [0.2, 0.25) is 5.91 Å². The molecule has 0 aromatic heterocycles. The summed E-state index contributed by atoms with van der Waals surface area (Å²) < 4.78 is 0. The number of hydrogen-bond acceptors (Lipinski definition) is 2. The highest BCUT2D eigenvalue weighted by atomic mass is 35.5. The topological polar surface area (TPSA) is 44.2 Å². The summed E-state index contributed by atoms with van der Waals surface area (Å²) in [5, 5.41) is 8.71. The second-order valence-electron chi connectivity index (χ2n) is 5.72. The minimum absolute atomic E-state index is 0.0187. The van der Waals surface area contributed by atoms with Crippen LogP contribution in [-0.4, -0.2) is 18.2 Å². The minimum atomic E-state index is -0.0187. The zero-order chi connectivity index (χ0) is 15.2. The van der Waals surface area contributed by atoms with Crippen LogP contribution >= 0.6 is 11.6 Å². The van der Waals surface area contributed by atoms with Gasteiger partial charge >= 0.3 is 0 Å². The Kier molecular flexibility index (Phi) is 5.80. The molecule has 1 atom stereocenters. The van der Waals surface area contributed by atoms with Crippen LogP contribution in [0.5, 0.6) is 0 Å². The summed E-state index contributed by atoms with van der Waals surface area (Å²) in [5.41, 5.74) is 1.63. The Hall–Kier alpha value is -1.35. The molecule has 1 aliphatic heterocycles. The highest BCUT2D eigenvalue weighted by molar-refractivity contribution is 6.30. The number of carbonyl (C=O) groups excluding carboxylic acids is 1. The number of anilines is 1. The third-order valence-electron chi connectivity index (χ3n) is 4.03. The number of rotatable bonds is 7. The molecule has 0 radical (unpaired) electrons. The van der Waals surface area contributed by atoms with Crippen molar-refractivity contribution in [2.75, 3.05) is 11.4 Å². The summed E-state index contributed by atoms with van der Waals surface area (Å²) in [6.45, 7) is 2.90. The van der Waals surface area contributed by atoms with E-state index >= 15 is 0 Å². The number of nitrogens with zero attached hydrogens (tertiary/aromatic N) is 1. The molecule has 1 aliphatic rings. The quantitative estimate of drug-likeness (QED) is 0.577.